The Morgan fingerprint density at radius 1 is 1.14 bits per heavy atom. The fourth-order valence-corrected chi connectivity index (χ4v) is 2.68. The monoisotopic (exact) mass is 415 g/mol. The number of hydrogen-bond acceptors (Lipinski definition) is 7. The average molecular weight is 415 g/mol. The average Bonchev–Trinajstić information content (AvgIpc) is 2.60. The van der Waals surface area contributed by atoms with Crippen LogP contribution < -0.4 is 20.6 Å². The van der Waals surface area contributed by atoms with E-state index in [1.165, 1.54) is 24.3 Å². The first-order chi connectivity index (χ1) is 13.2. The van der Waals surface area contributed by atoms with E-state index in [4.69, 9.17) is 10.3 Å². The lowest BCUT2D eigenvalue weighted by molar-refractivity contribution is -0.118. The number of nitrogens with two attached hydrogens (primary N) is 1. The normalized spacial score (nSPS) is 12.2. The van der Waals surface area contributed by atoms with Crippen LogP contribution in [0.5, 0.6) is 5.75 Å². The van der Waals surface area contributed by atoms with E-state index in [2.05, 4.69) is 14.8 Å². The van der Waals surface area contributed by atoms with Gasteiger partial charge in [-0.3, -0.25) is 14.1 Å². The molecule has 1 aromatic carbocycles. The smallest absolute Gasteiger partial charge is 0.370 e. The first-order valence-electron chi connectivity index (χ1n) is 8.73. The van der Waals surface area contributed by atoms with E-state index < -0.39 is 22.3 Å². The van der Waals surface area contributed by atoms with Crippen LogP contribution in [-0.4, -0.2) is 43.7 Å². The van der Waals surface area contributed by atoms with Crippen LogP contribution in [0.15, 0.2) is 24.3 Å². The summed E-state index contributed by atoms with van der Waals surface area (Å²) < 4.78 is 34.0. The number of anilines is 1. The lowest BCUT2D eigenvalue weighted by atomic mass is 10.1. The van der Waals surface area contributed by atoms with Gasteiger partial charge in [0, 0.05) is 18.5 Å². The van der Waals surface area contributed by atoms with Gasteiger partial charge in [-0.1, -0.05) is 6.42 Å². The Kier molecular flexibility index (Phi) is 10.1. The Hall–Kier alpha value is -2.50. The maximum absolute atomic E-state index is 11.9. The molecular weight excluding hydrogens is 390 g/mol. The van der Waals surface area contributed by atoms with Crippen molar-refractivity contribution >= 4 is 34.2 Å². The molecule has 2 amide bonds. The summed E-state index contributed by atoms with van der Waals surface area (Å²) in [6, 6.07) is 5.11. The van der Waals surface area contributed by atoms with Crippen molar-refractivity contribution in [1.82, 2.24) is 5.32 Å². The van der Waals surface area contributed by atoms with Crippen molar-refractivity contribution in [3.8, 4) is 5.75 Å². The highest BCUT2D eigenvalue weighted by atomic mass is 32.3. The first-order valence-corrected chi connectivity index (χ1v) is 10.1. The SMILES string of the molecule is NC(=O)CC[C@@H](C=O)NCCCCCC(=O)Nc1ccc(OS(=O)(=O)O)cc1. The Balaban J connectivity index is 2.20. The lowest BCUT2D eigenvalue weighted by Gasteiger charge is -2.11. The third kappa shape index (κ3) is 11.3. The molecule has 0 aromatic heterocycles. The number of hydrogen-bond donors (Lipinski definition) is 4. The zero-order valence-electron chi connectivity index (χ0n) is 15.3. The second kappa shape index (κ2) is 12.1. The highest BCUT2D eigenvalue weighted by Gasteiger charge is 2.09. The molecule has 1 atom stereocenters. The molecule has 156 valence electrons. The summed E-state index contributed by atoms with van der Waals surface area (Å²) in [5.74, 6) is -0.707. The molecule has 0 bridgehead atoms. The largest absolute Gasteiger partial charge is 0.446 e. The molecule has 5 N–H and O–H groups in total. The van der Waals surface area contributed by atoms with Gasteiger partial charge in [0.1, 0.15) is 12.0 Å². The maximum Gasteiger partial charge on any atom is 0.446 e. The van der Waals surface area contributed by atoms with Gasteiger partial charge in [-0.25, -0.2) is 0 Å². The predicted octanol–water partition coefficient (Wildman–Crippen LogP) is 0.790. The molecule has 0 spiro atoms. The van der Waals surface area contributed by atoms with E-state index >= 15 is 0 Å². The van der Waals surface area contributed by atoms with Gasteiger partial charge in [-0.2, -0.15) is 8.42 Å². The molecule has 0 aliphatic rings. The number of nitrogens with one attached hydrogen (secondary N) is 2. The van der Waals surface area contributed by atoms with Crippen LogP contribution in [0.1, 0.15) is 38.5 Å². The van der Waals surface area contributed by atoms with Gasteiger partial charge < -0.3 is 25.3 Å². The molecule has 11 heteroatoms. The van der Waals surface area contributed by atoms with E-state index in [-0.39, 0.29) is 18.1 Å². The van der Waals surface area contributed by atoms with Crippen LogP contribution in [0.25, 0.3) is 0 Å². The zero-order valence-corrected chi connectivity index (χ0v) is 16.1. The summed E-state index contributed by atoms with van der Waals surface area (Å²) in [6.07, 6.45) is 3.79. The van der Waals surface area contributed by atoms with Crippen molar-refractivity contribution in [1.29, 1.82) is 0 Å². The van der Waals surface area contributed by atoms with E-state index in [1.54, 1.807) is 0 Å². The van der Waals surface area contributed by atoms with Crippen LogP contribution in [0.2, 0.25) is 0 Å². The number of carbonyl (C=O) groups is 3. The van der Waals surface area contributed by atoms with Gasteiger partial charge in [-0.15, -0.1) is 0 Å². The van der Waals surface area contributed by atoms with Crippen molar-refractivity contribution < 1.29 is 31.5 Å². The number of carbonyl (C=O) groups excluding carboxylic acids is 3. The summed E-state index contributed by atoms with van der Waals surface area (Å²) in [7, 11) is -4.58. The third-order valence-electron chi connectivity index (χ3n) is 3.69. The molecular formula is C17H25N3O7S. The number of amides is 2. The molecule has 0 aliphatic heterocycles. The van der Waals surface area contributed by atoms with Crippen LogP contribution >= 0.6 is 0 Å². The number of unbranched alkanes of at least 4 members (excludes halogenated alkanes) is 2. The standard InChI is InChI=1S/C17H25N3O7S/c18-16(22)10-7-14(12-21)19-11-3-1-2-4-17(23)20-13-5-8-15(9-6-13)27-28(24,25)26/h5-6,8-9,12,14,19H,1-4,7,10-11H2,(H2,18,22)(H,20,23)(H,24,25,26)/t14-/m0/s1. The number of primary amides is 1. The minimum atomic E-state index is -4.58. The summed E-state index contributed by atoms with van der Waals surface area (Å²) in [6.45, 7) is 0.596. The van der Waals surface area contributed by atoms with Crippen molar-refractivity contribution in [3.63, 3.8) is 0 Å². The van der Waals surface area contributed by atoms with Gasteiger partial charge in [-0.05, 0) is 50.1 Å². The first kappa shape index (κ1) is 23.5. The molecule has 1 rings (SSSR count). The van der Waals surface area contributed by atoms with E-state index in [9.17, 15) is 22.8 Å². The fraction of sp³-hybridized carbons (Fsp3) is 0.471. The summed E-state index contributed by atoms with van der Waals surface area (Å²) in [4.78, 5) is 33.5. The highest BCUT2D eigenvalue weighted by Crippen LogP contribution is 2.17. The highest BCUT2D eigenvalue weighted by molar-refractivity contribution is 7.81. The molecule has 28 heavy (non-hydrogen) atoms. The van der Waals surface area contributed by atoms with Gasteiger partial charge in [0.05, 0.1) is 6.04 Å². The van der Waals surface area contributed by atoms with Gasteiger partial charge in [0.15, 0.2) is 0 Å². The van der Waals surface area contributed by atoms with Gasteiger partial charge >= 0.3 is 10.4 Å². The van der Waals surface area contributed by atoms with E-state index in [0.29, 0.717) is 31.5 Å². The van der Waals surface area contributed by atoms with Crippen molar-refractivity contribution in [2.45, 2.75) is 44.6 Å². The molecule has 0 saturated carbocycles. The Morgan fingerprint density at radius 2 is 1.82 bits per heavy atom. The van der Waals surface area contributed by atoms with Crippen molar-refractivity contribution in [2.75, 3.05) is 11.9 Å². The van der Waals surface area contributed by atoms with E-state index in [0.717, 1.165) is 19.1 Å². The quantitative estimate of drug-likeness (QED) is 0.197. The topological polar surface area (TPSA) is 165 Å². The van der Waals surface area contributed by atoms with Crippen LogP contribution in [0, 0.1) is 0 Å². The second-order valence-corrected chi connectivity index (χ2v) is 7.12. The zero-order chi connectivity index (χ0) is 21.0. The van der Waals surface area contributed by atoms with Crippen LogP contribution in [0.4, 0.5) is 5.69 Å². The second-order valence-electron chi connectivity index (χ2n) is 6.10. The van der Waals surface area contributed by atoms with E-state index in [1.807, 2.05) is 0 Å². The minimum absolute atomic E-state index is 0.0718. The molecule has 0 fully saturated rings. The van der Waals surface area contributed by atoms with Crippen molar-refractivity contribution in [2.24, 2.45) is 5.73 Å². The number of aldehydes is 1. The Labute approximate surface area is 163 Å². The Bertz CT molecular complexity index is 751. The third-order valence-corrected chi connectivity index (χ3v) is 4.10. The molecule has 10 nitrogen and oxygen atoms in total. The molecule has 1 aromatic rings. The molecule has 0 radical (unpaired) electrons. The Morgan fingerprint density at radius 3 is 2.39 bits per heavy atom. The molecule has 0 unspecified atom stereocenters. The molecule has 0 aliphatic carbocycles. The molecule has 0 heterocycles. The van der Waals surface area contributed by atoms with Crippen molar-refractivity contribution in [3.05, 3.63) is 24.3 Å². The maximum atomic E-state index is 11.9. The fourth-order valence-electron chi connectivity index (χ4n) is 2.33. The summed E-state index contributed by atoms with van der Waals surface area (Å²) >= 11 is 0. The van der Waals surface area contributed by atoms with Crippen LogP contribution in [0.3, 0.4) is 0 Å². The predicted molar refractivity (Wildman–Crippen MR) is 102 cm³/mol. The lowest BCUT2D eigenvalue weighted by Crippen LogP contribution is -2.32. The van der Waals surface area contributed by atoms with Gasteiger partial charge in [0.25, 0.3) is 0 Å². The molecule has 0 saturated heterocycles. The summed E-state index contributed by atoms with van der Waals surface area (Å²) in [5, 5.41) is 5.69. The van der Waals surface area contributed by atoms with Crippen LogP contribution in [-0.2, 0) is 24.8 Å². The number of rotatable bonds is 14. The number of benzene rings is 1. The minimum Gasteiger partial charge on any atom is -0.370 e. The van der Waals surface area contributed by atoms with Gasteiger partial charge in [0.2, 0.25) is 11.8 Å². The summed E-state index contributed by atoms with van der Waals surface area (Å²) in [5.41, 5.74) is 5.51.